The Kier molecular flexibility index (Phi) is 3.39. The molecule has 1 aromatic carbocycles. The minimum Gasteiger partial charge on any atom is -0.399 e. The van der Waals surface area contributed by atoms with E-state index in [1.165, 1.54) is 28.3 Å². The van der Waals surface area contributed by atoms with E-state index in [4.69, 9.17) is 5.73 Å². The molecule has 1 aliphatic rings. The first kappa shape index (κ1) is 13.4. The lowest BCUT2D eigenvalue weighted by Crippen LogP contribution is -2.12. The molecule has 0 saturated carbocycles. The average molecular weight is 309 g/mol. The summed E-state index contributed by atoms with van der Waals surface area (Å²) in [7, 11) is -3.59. The van der Waals surface area contributed by atoms with Gasteiger partial charge in [0.25, 0.3) is 10.0 Å². The van der Waals surface area contributed by atoms with Gasteiger partial charge in [0.15, 0.2) is 5.13 Å². The molecule has 1 aliphatic carbocycles. The van der Waals surface area contributed by atoms with E-state index in [-0.39, 0.29) is 4.90 Å². The smallest absolute Gasteiger partial charge is 0.263 e. The van der Waals surface area contributed by atoms with Gasteiger partial charge in [-0.05, 0) is 49.9 Å². The third-order valence-corrected chi connectivity index (χ3v) is 5.81. The molecule has 3 N–H and O–H groups in total. The van der Waals surface area contributed by atoms with Crippen molar-refractivity contribution in [3.8, 4) is 0 Å². The summed E-state index contributed by atoms with van der Waals surface area (Å²) in [6.07, 6.45) is 4.21. The second-order valence-corrected chi connectivity index (χ2v) is 7.54. The number of aromatic nitrogens is 1. The zero-order valence-corrected chi connectivity index (χ0v) is 12.4. The third-order valence-electron chi connectivity index (χ3n) is 3.26. The first-order valence-electron chi connectivity index (χ1n) is 6.41. The Morgan fingerprint density at radius 1 is 1.15 bits per heavy atom. The van der Waals surface area contributed by atoms with Crippen LogP contribution in [0.15, 0.2) is 29.2 Å². The minimum atomic E-state index is -3.59. The molecule has 0 spiro atoms. The molecule has 0 unspecified atom stereocenters. The fraction of sp³-hybridized carbons (Fsp3) is 0.308. The van der Waals surface area contributed by atoms with Crippen LogP contribution in [0.3, 0.4) is 0 Å². The highest BCUT2D eigenvalue weighted by Crippen LogP contribution is 2.30. The fourth-order valence-electron chi connectivity index (χ4n) is 2.22. The summed E-state index contributed by atoms with van der Waals surface area (Å²) in [4.78, 5) is 5.78. The van der Waals surface area contributed by atoms with Gasteiger partial charge in [0.2, 0.25) is 0 Å². The number of nitrogens with one attached hydrogen (secondary N) is 1. The highest BCUT2D eigenvalue weighted by atomic mass is 32.2. The average Bonchev–Trinajstić information content (AvgIpc) is 2.80. The van der Waals surface area contributed by atoms with Crippen LogP contribution in [0.5, 0.6) is 0 Å². The van der Waals surface area contributed by atoms with E-state index in [0.717, 1.165) is 31.4 Å². The van der Waals surface area contributed by atoms with Crippen molar-refractivity contribution in [2.45, 2.75) is 30.6 Å². The molecule has 0 amide bonds. The van der Waals surface area contributed by atoms with Crippen LogP contribution in [0.4, 0.5) is 10.8 Å². The zero-order chi connectivity index (χ0) is 14.2. The molecular formula is C13H15N3O2S2. The number of hydrogen-bond donors (Lipinski definition) is 2. The zero-order valence-electron chi connectivity index (χ0n) is 10.8. The number of thiazole rings is 1. The molecule has 106 valence electrons. The first-order valence-corrected chi connectivity index (χ1v) is 8.71. The van der Waals surface area contributed by atoms with Gasteiger partial charge in [-0.25, -0.2) is 13.4 Å². The lowest BCUT2D eigenvalue weighted by Gasteiger charge is -2.06. The van der Waals surface area contributed by atoms with Crippen LogP contribution in [-0.2, 0) is 22.9 Å². The monoisotopic (exact) mass is 309 g/mol. The summed E-state index contributed by atoms with van der Waals surface area (Å²) < 4.78 is 27.0. The largest absolute Gasteiger partial charge is 0.399 e. The van der Waals surface area contributed by atoms with Gasteiger partial charge < -0.3 is 5.73 Å². The molecule has 1 aromatic heterocycles. The van der Waals surface area contributed by atoms with Gasteiger partial charge in [0.1, 0.15) is 0 Å². The Bertz CT molecular complexity index is 697. The lowest BCUT2D eigenvalue weighted by molar-refractivity contribution is 0.601. The van der Waals surface area contributed by atoms with Crippen molar-refractivity contribution in [2.75, 3.05) is 10.5 Å². The molecular weight excluding hydrogens is 294 g/mol. The summed E-state index contributed by atoms with van der Waals surface area (Å²) in [6.45, 7) is 0. The topological polar surface area (TPSA) is 85.1 Å². The third kappa shape index (κ3) is 2.64. The van der Waals surface area contributed by atoms with Gasteiger partial charge in [0.05, 0.1) is 10.6 Å². The number of benzene rings is 1. The van der Waals surface area contributed by atoms with Gasteiger partial charge >= 0.3 is 0 Å². The maximum atomic E-state index is 12.2. The number of rotatable bonds is 3. The Morgan fingerprint density at radius 3 is 2.55 bits per heavy atom. The van der Waals surface area contributed by atoms with E-state index in [9.17, 15) is 8.42 Å². The maximum absolute atomic E-state index is 12.2. The van der Waals surface area contributed by atoms with Crippen LogP contribution >= 0.6 is 11.3 Å². The number of nitrogens with zero attached hydrogens (tertiary/aromatic N) is 1. The van der Waals surface area contributed by atoms with Crippen LogP contribution in [-0.4, -0.2) is 13.4 Å². The molecule has 0 saturated heterocycles. The van der Waals surface area contributed by atoms with Crippen molar-refractivity contribution in [1.29, 1.82) is 0 Å². The number of aryl methyl sites for hydroxylation is 2. The highest BCUT2D eigenvalue weighted by Gasteiger charge is 2.19. The Balaban J connectivity index is 1.86. The van der Waals surface area contributed by atoms with Crippen LogP contribution in [0, 0.1) is 0 Å². The number of hydrogen-bond acceptors (Lipinski definition) is 5. The summed E-state index contributed by atoms with van der Waals surface area (Å²) in [5.41, 5.74) is 7.14. The molecule has 7 heteroatoms. The number of nitrogens with two attached hydrogens (primary N) is 1. The van der Waals surface area contributed by atoms with E-state index in [0.29, 0.717) is 10.8 Å². The normalized spacial score (nSPS) is 14.8. The van der Waals surface area contributed by atoms with E-state index in [2.05, 4.69) is 9.71 Å². The van der Waals surface area contributed by atoms with Gasteiger partial charge in [0, 0.05) is 10.6 Å². The van der Waals surface area contributed by atoms with Gasteiger partial charge in [-0.15, -0.1) is 11.3 Å². The lowest BCUT2D eigenvalue weighted by atomic mass is 10.0. The molecule has 0 radical (unpaired) electrons. The van der Waals surface area contributed by atoms with Crippen molar-refractivity contribution in [1.82, 2.24) is 4.98 Å². The van der Waals surface area contributed by atoms with Crippen LogP contribution in [0.1, 0.15) is 23.4 Å². The second kappa shape index (κ2) is 5.06. The van der Waals surface area contributed by atoms with Crippen molar-refractivity contribution in [2.24, 2.45) is 0 Å². The number of nitrogen functional groups attached to an aromatic ring is 1. The van der Waals surface area contributed by atoms with E-state index in [1.807, 2.05) is 0 Å². The Morgan fingerprint density at radius 2 is 1.85 bits per heavy atom. The molecule has 1 heterocycles. The van der Waals surface area contributed by atoms with Crippen molar-refractivity contribution >= 4 is 32.2 Å². The Labute approximate surface area is 121 Å². The number of sulfonamides is 1. The number of anilines is 2. The van der Waals surface area contributed by atoms with E-state index >= 15 is 0 Å². The van der Waals surface area contributed by atoms with Gasteiger partial charge in [-0.1, -0.05) is 0 Å². The summed E-state index contributed by atoms with van der Waals surface area (Å²) in [6, 6.07) is 6.12. The predicted octanol–water partition coefficient (Wildman–Crippen LogP) is 2.40. The molecule has 0 bridgehead atoms. The second-order valence-electron chi connectivity index (χ2n) is 4.77. The van der Waals surface area contributed by atoms with Crippen LogP contribution in [0.2, 0.25) is 0 Å². The summed E-state index contributed by atoms with van der Waals surface area (Å²) in [5.74, 6) is 0. The molecule has 0 fully saturated rings. The summed E-state index contributed by atoms with van der Waals surface area (Å²) in [5, 5.41) is 0.453. The first-order chi connectivity index (χ1) is 9.54. The van der Waals surface area contributed by atoms with Crippen molar-refractivity contribution < 1.29 is 8.42 Å². The van der Waals surface area contributed by atoms with Gasteiger partial charge in [-0.2, -0.15) is 0 Å². The highest BCUT2D eigenvalue weighted by molar-refractivity contribution is 7.93. The van der Waals surface area contributed by atoms with Crippen LogP contribution < -0.4 is 10.5 Å². The SMILES string of the molecule is Nc1ccc(S(=O)(=O)Nc2nc3c(s2)CCCC3)cc1. The van der Waals surface area contributed by atoms with E-state index < -0.39 is 10.0 Å². The standard InChI is InChI=1S/C13H15N3O2S2/c14-9-5-7-10(8-6-9)20(17,18)16-13-15-11-3-1-2-4-12(11)19-13/h5-8H,1-4,14H2,(H,15,16). The quantitative estimate of drug-likeness (QED) is 0.853. The predicted molar refractivity (Wildman–Crippen MR) is 80.4 cm³/mol. The molecule has 3 rings (SSSR count). The number of fused-ring (bicyclic) bond motifs is 1. The fourth-order valence-corrected chi connectivity index (χ4v) is 4.50. The summed E-state index contributed by atoms with van der Waals surface area (Å²) >= 11 is 1.43. The Hall–Kier alpha value is -1.60. The van der Waals surface area contributed by atoms with Crippen LogP contribution in [0.25, 0.3) is 0 Å². The maximum Gasteiger partial charge on any atom is 0.263 e. The molecule has 0 aliphatic heterocycles. The molecule has 0 atom stereocenters. The van der Waals surface area contributed by atoms with Crippen molar-refractivity contribution in [3.05, 3.63) is 34.8 Å². The van der Waals surface area contributed by atoms with Crippen molar-refractivity contribution in [3.63, 3.8) is 0 Å². The van der Waals surface area contributed by atoms with E-state index in [1.54, 1.807) is 12.1 Å². The van der Waals surface area contributed by atoms with Gasteiger partial charge in [-0.3, -0.25) is 4.72 Å². The molecule has 20 heavy (non-hydrogen) atoms. The molecule has 2 aromatic rings. The molecule has 5 nitrogen and oxygen atoms in total. The minimum absolute atomic E-state index is 0.194.